The van der Waals surface area contributed by atoms with Crippen molar-refractivity contribution in [2.75, 3.05) is 13.2 Å². The van der Waals surface area contributed by atoms with Crippen LogP contribution in [0.25, 0.3) is 0 Å². The first-order chi connectivity index (χ1) is 13.0. The molecule has 9 nitrogen and oxygen atoms in total. The van der Waals surface area contributed by atoms with Crippen LogP contribution in [0.4, 0.5) is 0 Å². The van der Waals surface area contributed by atoms with Crippen molar-refractivity contribution in [3.63, 3.8) is 0 Å². The van der Waals surface area contributed by atoms with Gasteiger partial charge in [-0.2, -0.15) is 0 Å². The van der Waals surface area contributed by atoms with Gasteiger partial charge in [0.05, 0.1) is 31.5 Å². The summed E-state index contributed by atoms with van der Waals surface area (Å²) in [6.45, 7) is 7.18. The molecular formula is C16H29B2NO8P-. The van der Waals surface area contributed by atoms with Crippen LogP contribution in [0.1, 0.15) is 34.1 Å². The molecule has 0 spiro atoms. The zero-order valence-corrected chi connectivity index (χ0v) is 17.6. The Bertz CT molecular complexity index is 543. The Balaban J connectivity index is 1.90. The Morgan fingerprint density at radius 3 is 2.46 bits per heavy atom. The van der Waals surface area contributed by atoms with E-state index in [0.29, 0.717) is 6.42 Å². The van der Waals surface area contributed by atoms with Crippen LogP contribution in [0.3, 0.4) is 0 Å². The first kappa shape index (κ1) is 24.3. The highest BCUT2D eigenvalue weighted by Crippen LogP contribution is 2.37. The molecule has 3 unspecified atom stereocenters. The molecule has 0 amide bonds. The number of hydrogen-bond acceptors (Lipinski definition) is 8. The van der Waals surface area contributed by atoms with Crippen LogP contribution >= 0.6 is 7.75 Å². The predicted octanol–water partition coefficient (Wildman–Crippen LogP) is -0.814. The molecule has 0 aliphatic carbocycles. The molecule has 158 valence electrons. The van der Waals surface area contributed by atoms with Crippen molar-refractivity contribution in [1.82, 2.24) is 5.09 Å². The zero-order valence-electron chi connectivity index (χ0n) is 16.7. The van der Waals surface area contributed by atoms with Crippen LogP contribution in [0.2, 0.25) is 0 Å². The highest BCUT2D eigenvalue weighted by Gasteiger charge is 2.43. The summed E-state index contributed by atoms with van der Waals surface area (Å²) in [5.74, 6) is 0. The highest BCUT2D eigenvalue weighted by atomic mass is 31.2. The largest absolute Gasteiger partial charge is 0.766 e. The first-order valence-corrected chi connectivity index (χ1v) is 11.0. The van der Waals surface area contributed by atoms with Gasteiger partial charge in [-0.05, 0) is 34.1 Å². The van der Waals surface area contributed by atoms with Crippen LogP contribution < -0.4 is 9.98 Å². The molecule has 2 N–H and O–H groups in total. The minimum Gasteiger partial charge on any atom is -0.766 e. The van der Waals surface area contributed by atoms with Gasteiger partial charge in [-0.3, -0.25) is 9.65 Å². The van der Waals surface area contributed by atoms with Gasteiger partial charge < -0.3 is 33.5 Å². The van der Waals surface area contributed by atoms with Crippen molar-refractivity contribution < 1.29 is 38.0 Å². The molecule has 0 aromatic rings. The van der Waals surface area contributed by atoms with Crippen molar-refractivity contribution in [2.45, 2.75) is 88.8 Å². The second kappa shape index (κ2) is 10.4. The van der Waals surface area contributed by atoms with E-state index in [2.05, 4.69) is 5.09 Å². The Morgan fingerprint density at radius 2 is 1.86 bits per heavy atom. The molecule has 2 saturated heterocycles. The Labute approximate surface area is 169 Å². The monoisotopic (exact) mass is 416 g/mol. The maximum atomic E-state index is 12.4. The topological polar surface area (TPSA) is 119 Å². The average molecular weight is 416 g/mol. The number of rotatable bonds is 10. The van der Waals surface area contributed by atoms with Crippen molar-refractivity contribution in [3.8, 4) is 0 Å². The molecule has 0 aromatic carbocycles. The van der Waals surface area contributed by atoms with Gasteiger partial charge in [-0.25, -0.2) is 0 Å². The van der Waals surface area contributed by atoms with E-state index in [-0.39, 0.29) is 25.4 Å². The van der Waals surface area contributed by atoms with Gasteiger partial charge in [0.2, 0.25) is 7.75 Å². The summed E-state index contributed by atoms with van der Waals surface area (Å²) in [7, 11) is 7.01. The third kappa shape index (κ3) is 7.07. The van der Waals surface area contributed by atoms with Crippen LogP contribution in [-0.4, -0.2) is 88.7 Å². The Hall–Kier alpha value is 0.0399. The molecule has 0 aromatic heterocycles. The van der Waals surface area contributed by atoms with Gasteiger partial charge in [0.1, 0.15) is 34.0 Å². The molecule has 2 rings (SSSR count). The lowest BCUT2D eigenvalue weighted by Gasteiger charge is -2.31. The second-order valence-electron chi connectivity index (χ2n) is 7.64. The zero-order chi connectivity index (χ0) is 21.1. The van der Waals surface area contributed by atoms with Crippen LogP contribution in [0.5, 0.6) is 0 Å². The Morgan fingerprint density at radius 1 is 1.18 bits per heavy atom. The lowest BCUT2D eigenvalue weighted by molar-refractivity contribution is -0.206. The SMILES string of the molecule is [B][C@@H]1O[C@H](COP(=O)([O-])NC2C[C@H]([B])O[C@@H]2COC(C)C)C(OC(C)C)[C@@H]1O. The van der Waals surface area contributed by atoms with E-state index in [0.717, 1.165) is 0 Å². The van der Waals surface area contributed by atoms with Crippen molar-refractivity contribution in [2.24, 2.45) is 0 Å². The van der Waals surface area contributed by atoms with Gasteiger partial charge in [-0.1, -0.05) is 0 Å². The van der Waals surface area contributed by atoms with Crippen LogP contribution in [-0.2, 0) is 28.0 Å². The summed E-state index contributed by atoms with van der Waals surface area (Å²) in [6.07, 6.45) is -3.13. The highest BCUT2D eigenvalue weighted by molar-refractivity contribution is 7.49. The molecule has 28 heavy (non-hydrogen) atoms. The van der Waals surface area contributed by atoms with Gasteiger partial charge in [0.15, 0.2) is 0 Å². The summed E-state index contributed by atoms with van der Waals surface area (Å²) in [4.78, 5) is 12.4. The standard InChI is InChI=1S/C16H30B2NO8P/c1-8(2)23-6-11-10(5-13(17)26-11)19-28(21,22)24-7-12-15(25-9(3)4)14(20)16(18)27-12/h8-16,20H,5-7H2,1-4H3,(H2,19,21,22)/p-1/t10?,11-,12-,13-,14+,15?,16-/m1/s1. The number of ether oxygens (including phenoxy) is 4. The maximum absolute atomic E-state index is 12.4. The van der Waals surface area contributed by atoms with Crippen molar-refractivity contribution in [3.05, 3.63) is 0 Å². The molecule has 2 aliphatic heterocycles. The van der Waals surface area contributed by atoms with Gasteiger partial charge in [-0.15, -0.1) is 0 Å². The quantitative estimate of drug-likeness (QED) is 0.348. The number of aliphatic hydroxyl groups excluding tert-OH is 1. The molecule has 12 heteroatoms. The smallest absolute Gasteiger partial charge is 0.204 e. The summed E-state index contributed by atoms with van der Waals surface area (Å²) in [6, 6.07) is -2.14. The van der Waals surface area contributed by atoms with Crippen LogP contribution in [0.15, 0.2) is 0 Å². The molecule has 2 heterocycles. The van der Waals surface area contributed by atoms with Gasteiger partial charge >= 0.3 is 0 Å². The fourth-order valence-electron chi connectivity index (χ4n) is 3.15. The third-order valence-electron chi connectivity index (χ3n) is 4.41. The number of aliphatic hydroxyl groups is 1. The summed E-state index contributed by atoms with van der Waals surface area (Å²) in [5.41, 5.74) is 0. The molecule has 0 saturated carbocycles. The van der Waals surface area contributed by atoms with E-state index < -0.39 is 50.2 Å². The summed E-state index contributed by atoms with van der Waals surface area (Å²) < 4.78 is 39.5. The van der Waals surface area contributed by atoms with Crippen LogP contribution in [0, 0.1) is 0 Å². The van der Waals surface area contributed by atoms with E-state index in [4.69, 9.17) is 39.2 Å². The van der Waals surface area contributed by atoms with E-state index in [1.54, 1.807) is 13.8 Å². The molecule has 0 bridgehead atoms. The van der Waals surface area contributed by atoms with Gasteiger partial charge in [0.25, 0.3) is 0 Å². The number of nitrogens with one attached hydrogen (secondary N) is 1. The lowest BCUT2D eigenvalue weighted by atomic mass is 9.93. The van der Waals surface area contributed by atoms with E-state index in [1.165, 1.54) is 0 Å². The van der Waals surface area contributed by atoms with Crippen molar-refractivity contribution in [1.29, 1.82) is 0 Å². The molecule has 8 atom stereocenters. The molecule has 2 aliphatic rings. The average Bonchev–Trinajstić information content (AvgIpc) is 3.04. The minimum absolute atomic E-state index is 0.0237. The third-order valence-corrected chi connectivity index (χ3v) is 5.55. The normalized spacial score (nSPS) is 38.4. The fraction of sp³-hybridized carbons (Fsp3) is 1.00. The maximum Gasteiger partial charge on any atom is 0.204 e. The predicted molar refractivity (Wildman–Crippen MR) is 101 cm³/mol. The van der Waals surface area contributed by atoms with Gasteiger partial charge in [0, 0.05) is 18.0 Å². The second-order valence-corrected chi connectivity index (χ2v) is 9.15. The minimum atomic E-state index is -4.45. The molecule has 2 fully saturated rings. The molecular weight excluding hydrogens is 387 g/mol. The number of hydrogen-bond donors (Lipinski definition) is 2. The summed E-state index contributed by atoms with van der Waals surface area (Å²) >= 11 is 0. The lowest BCUT2D eigenvalue weighted by Crippen LogP contribution is -2.42. The molecule has 4 radical (unpaired) electrons. The van der Waals surface area contributed by atoms with E-state index >= 15 is 0 Å². The van der Waals surface area contributed by atoms with Crippen molar-refractivity contribution >= 4 is 23.4 Å². The van der Waals surface area contributed by atoms with E-state index in [9.17, 15) is 14.6 Å². The summed E-state index contributed by atoms with van der Waals surface area (Å²) in [5, 5.41) is 12.5. The fourth-order valence-corrected chi connectivity index (χ4v) is 4.25. The first-order valence-electron chi connectivity index (χ1n) is 9.49. The van der Waals surface area contributed by atoms with E-state index in [1.807, 2.05) is 13.8 Å². The Kier molecular flexibility index (Phi) is 9.01.